The van der Waals surface area contributed by atoms with Gasteiger partial charge in [0.2, 0.25) is 0 Å². The Labute approximate surface area is 200 Å². The van der Waals surface area contributed by atoms with Crippen LogP contribution >= 0.6 is 0 Å². The SMILES string of the molecule is CCOc1cc(C2/C(=C(/O)c3cccc(OC)c3)C(=O)C(=O)N2CCN(CC)CC)ccc1O. The molecule has 1 aliphatic rings. The Bertz CT molecular complexity index is 1080. The van der Waals surface area contributed by atoms with Gasteiger partial charge in [0.05, 0.1) is 25.3 Å². The van der Waals surface area contributed by atoms with Gasteiger partial charge in [-0.3, -0.25) is 9.59 Å². The van der Waals surface area contributed by atoms with E-state index in [0.29, 0.717) is 36.6 Å². The van der Waals surface area contributed by atoms with Crippen LogP contribution in [0.4, 0.5) is 0 Å². The predicted molar refractivity (Wildman–Crippen MR) is 129 cm³/mol. The van der Waals surface area contributed by atoms with Crippen molar-refractivity contribution in [2.75, 3.05) is 39.9 Å². The molecule has 1 aliphatic heterocycles. The maximum Gasteiger partial charge on any atom is 0.295 e. The summed E-state index contributed by atoms with van der Waals surface area (Å²) in [5.74, 6) is -0.990. The van der Waals surface area contributed by atoms with E-state index in [2.05, 4.69) is 4.90 Å². The number of phenolic OH excluding ortho intramolecular Hbond substituents is 1. The zero-order valence-electron chi connectivity index (χ0n) is 20.1. The highest BCUT2D eigenvalue weighted by molar-refractivity contribution is 6.46. The molecule has 1 amide bonds. The van der Waals surface area contributed by atoms with Gasteiger partial charge in [0.1, 0.15) is 11.5 Å². The number of benzene rings is 2. The Kier molecular flexibility index (Phi) is 8.17. The number of likely N-dealkylation sites (tertiary alicyclic amines) is 1. The van der Waals surface area contributed by atoms with Crippen LogP contribution in [0.15, 0.2) is 48.0 Å². The highest BCUT2D eigenvalue weighted by Gasteiger charge is 2.46. The van der Waals surface area contributed by atoms with Crippen molar-refractivity contribution in [1.82, 2.24) is 9.80 Å². The molecule has 1 atom stereocenters. The number of carbonyl (C=O) groups excluding carboxylic acids is 2. The molecule has 1 saturated heterocycles. The lowest BCUT2D eigenvalue weighted by molar-refractivity contribution is -0.140. The van der Waals surface area contributed by atoms with Crippen LogP contribution in [0.5, 0.6) is 17.2 Å². The van der Waals surface area contributed by atoms with Gasteiger partial charge in [0.25, 0.3) is 11.7 Å². The predicted octanol–water partition coefficient (Wildman–Crippen LogP) is 3.56. The van der Waals surface area contributed by atoms with E-state index in [1.54, 1.807) is 43.3 Å². The first-order chi connectivity index (χ1) is 16.4. The molecule has 0 radical (unpaired) electrons. The van der Waals surface area contributed by atoms with Crippen molar-refractivity contribution in [3.63, 3.8) is 0 Å². The second-order valence-electron chi connectivity index (χ2n) is 7.91. The van der Waals surface area contributed by atoms with Gasteiger partial charge in [0, 0.05) is 18.7 Å². The molecule has 2 N–H and O–H groups in total. The summed E-state index contributed by atoms with van der Waals surface area (Å²) in [6.45, 7) is 8.69. The maximum atomic E-state index is 13.2. The fraction of sp³-hybridized carbons (Fsp3) is 0.385. The molecule has 1 heterocycles. The van der Waals surface area contributed by atoms with E-state index in [0.717, 1.165) is 13.1 Å². The van der Waals surface area contributed by atoms with Crippen LogP contribution in [-0.2, 0) is 9.59 Å². The number of carbonyl (C=O) groups is 2. The van der Waals surface area contributed by atoms with Gasteiger partial charge in [-0.25, -0.2) is 0 Å². The Hall–Kier alpha value is -3.52. The average molecular weight is 469 g/mol. The second-order valence-corrected chi connectivity index (χ2v) is 7.91. The lowest BCUT2D eigenvalue weighted by atomic mass is 9.95. The number of aliphatic hydroxyl groups is 1. The van der Waals surface area contributed by atoms with Crippen LogP contribution < -0.4 is 9.47 Å². The molecule has 0 spiro atoms. The monoisotopic (exact) mass is 468 g/mol. The fourth-order valence-corrected chi connectivity index (χ4v) is 4.14. The number of aliphatic hydroxyl groups excluding tert-OH is 1. The van der Waals surface area contributed by atoms with Gasteiger partial charge in [0.15, 0.2) is 11.5 Å². The second kappa shape index (κ2) is 11.1. The number of amides is 1. The largest absolute Gasteiger partial charge is 0.507 e. The third-order valence-electron chi connectivity index (χ3n) is 6.03. The molecule has 8 nitrogen and oxygen atoms in total. The van der Waals surface area contributed by atoms with Crippen LogP contribution in [0.1, 0.15) is 37.9 Å². The number of nitrogens with zero attached hydrogens (tertiary/aromatic N) is 2. The highest BCUT2D eigenvalue weighted by Crippen LogP contribution is 2.42. The average Bonchev–Trinajstić information content (AvgIpc) is 3.10. The van der Waals surface area contributed by atoms with Gasteiger partial charge >= 0.3 is 0 Å². The van der Waals surface area contributed by atoms with Crippen molar-refractivity contribution in [3.8, 4) is 17.2 Å². The summed E-state index contributed by atoms with van der Waals surface area (Å²) in [7, 11) is 1.51. The zero-order valence-corrected chi connectivity index (χ0v) is 20.1. The van der Waals surface area contributed by atoms with Gasteiger partial charge in [-0.1, -0.05) is 32.0 Å². The standard InChI is InChI=1S/C26H32N2O6/c1-5-27(6-2)13-14-28-23(17-11-12-20(29)21(16-17)34-7-3)22(25(31)26(28)32)24(30)18-9-8-10-19(15-18)33-4/h8-12,15-16,23,29-30H,5-7,13-14H2,1-4H3/b24-22-. The zero-order chi connectivity index (χ0) is 24.8. The molecule has 0 aromatic heterocycles. The third-order valence-corrected chi connectivity index (χ3v) is 6.03. The molecule has 0 bridgehead atoms. The van der Waals surface area contributed by atoms with Crippen LogP contribution in [0.25, 0.3) is 5.76 Å². The molecule has 0 saturated carbocycles. The Morgan fingerprint density at radius 3 is 2.47 bits per heavy atom. The lowest BCUT2D eigenvalue weighted by Crippen LogP contribution is -2.38. The number of methoxy groups -OCH3 is 1. The number of ketones is 1. The van der Waals surface area contributed by atoms with Gasteiger partial charge in [-0.05, 0) is 49.8 Å². The molecule has 182 valence electrons. The molecule has 34 heavy (non-hydrogen) atoms. The van der Waals surface area contributed by atoms with Gasteiger partial charge in [-0.2, -0.15) is 0 Å². The molecule has 8 heteroatoms. The molecule has 1 unspecified atom stereocenters. The fourth-order valence-electron chi connectivity index (χ4n) is 4.14. The molecular formula is C26H32N2O6. The number of phenols is 1. The first-order valence-corrected chi connectivity index (χ1v) is 11.5. The first kappa shape index (κ1) is 25.1. The Morgan fingerprint density at radius 1 is 1.09 bits per heavy atom. The van der Waals surface area contributed by atoms with E-state index in [1.165, 1.54) is 18.1 Å². The molecule has 0 aliphatic carbocycles. The smallest absolute Gasteiger partial charge is 0.295 e. The number of hydrogen-bond acceptors (Lipinski definition) is 7. The number of rotatable bonds is 10. The molecule has 2 aromatic carbocycles. The van der Waals surface area contributed by atoms with E-state index < -0.39 is 17.7 Å². The van der Waals surface area contributed by atoms with E-state index in [1.807, 2.05) is 13.8 Å². The molecule has 1 fully saturated rings. The van der Waals surface area contributed by atoms with Crippen LogP contribution in [-0.4, -0.2) is 71.6 Å². The van der Waals surface area contributed by atoms with E-state index >= 15 is 0 Å². The molecule has 3 rings (SSSR count). The minimum absolute atomic E-state index is 0.00839. The first-order valence-electron chi connectivity index (χ1n) is 11.5. The van der Waals surface area contributed by atoms with Crippen molar-refractivity contribution in [1.29, 1.82) is 0 Å². The van der Waals surface area contributed by atoms with Crippen molar-refractivity contribution in [2.45, 2.75) is 26.8 Å². The molecular weight excluding hydrogens is 436 g/mol. The number of Topliss-reactive ketones (excluding diaryl/α,β-unsaturated/α-hetero) is 1. The topological polar surface area (TPSA) is 99.5 Å². The minimum atomic E-state index is -0.832. The summed E-state index contributed by atoms with van der Waals surface area (Å²) in [4.78, 5) is 30.0. The van der Waals surface area contributed by atoms with Crippen LogP contribution in [0.2, 0.25) is 0 Å². The highest BCUT2D eigenvalue weighted by atomic mass is 16.5. The summed E-state index contributed by atoms with van der Waals surface area (Å²) >= 11 is 0. The lowest BCUT2D eigenvalue weighted by Gasteiger charge is -2.28. The third kappa shape index (κ3) is 5.02. The number of likely N-dealkylation sites (N-methyl/N-ethyl adjacent to an activating group) is 1. The van der Waals surface area contributed by atoms with Crippen molar-refractivity contribution in [2.24, 2.45) is 0 Å². The summed E-state index contributed by atoms with van der Waals surface area (Å²) < 4.78 is 10.8. The van der Waals surface area contributed by atoms with E-state index in [4.69, 9.17) is 9.47 Å². The number of ether oxygens (including phenoxy) is 2. The van der Waals surface area contributed by atoms with Crippen LogP contribution in [0, 0.1) is 0 Å². The van der Waals surface area contributed by atoms with Gasteiger partial charge < -0.3 is 29.5 Å². The Balaban J connectivity index is 2.15. The maximum absolute atomic E-state index is 13.2. The normalized spacial score (nSPS) is 17.4. The summed E-state index contributed by atoms with van der Waals surface area (Å²) in [6.07, 6.45) is 0. The summed E-state index contributed by atoms with van der Waals surface area (Å²) in [5, 5.41) is 21.4. The minimum Gasteiger partial charge on any atom is -0.507 e. The van der Waals surface area contributed by atoms with Crippen molar-refractivity contribution in [3.05, 3.63) is 59.2 Å². The van der Waals surface area contributed by atoms with Crippen LogP contribution in [0.3, 0.4) is 0 Å². The quantitative estimate of drug-likeness (QED) is 0.312. The summed E-state index contributed by atoms with van der Waals surface area (Å²) in [5.41, 5.74) is 0.922. The molecule has 2 aromatic rings. The number of hydrogen-bond donors (Lipinski definition) is 2. The van der Waals surface area contributed by atoms with Gasteiger partial charge in [-0.15, -0.1) is 0 Å². The van der Waals surface area contributed by atoms with Crippen molar-refractivity contribution >= 4 is 17.4 Å². The van der Waals surface area contributed by atoms with E-state index in [9.17, 15) is 19.8 Å². The van der Waals surface area contributed by atoms with E-state index in [-0.39, 0.29) is 22.8 Å². The number of aromatic hydroxyl groups is 1. The summed E-state index contributed by atoms with van der Waals surface area (Å²) in [6, 6.07) is 10.6. The van der Waals surface area contributed by atoms with Crippen molar-refractivity contribution < 1.29 is 29.3 Å². The Morgan fingerprint density at radius 2 is 1.82 bits per heavy atom.